The van der Waals surface area contributed by atoms with Crippen LogP contribution in [0.5, 0.6) is 0 Å². The summed E-state index contributed by atoms with van der Waals surface area (Å²) in [5, 5.41) is 3.20. The minimum Gasteiger partial charge on any atom is -0.298 e. The number of carbonyl (C=O) groups is 1. The fourth-order valence-electron chi connectivity index (χ4n) is 2.38. The van der Waals surface area contributed by atoms with Crippen molar-refractivity contribution in [1.82, 2.24) is 4.98 Å². The SMILES string of the molecule is O=C(Nc1ncc(Cc2cc(Cl)ccc2C(F)(F)F)s1)c1ccccc1. The number of anilines is 1. The third-order valence-electron chi connectivity index (χ3n) is 3.55. The Morgan fingerprint density at radius 1 is 1.15 bits per heavy atom. The number of rotatable bonds is 4. The Balaban J connectivity index is 1.77. The number of carbonyl (C=O) groups excluding carboxylic acids is 1. The second-order valence-corrected chi connectivity index (χ2v) is 6.98. The van der Waals surface area contributed by atoms with Gasteiger partial charge in [0, 0.05) is 28.1 Å². The highest BCUT2D eigenvalue weighted by Gasteiger charge is 2.33. The molecule has 0 radical (unpaired) electrons. The molecule has 1 N–H and O–H groups in total. The molecule has 0 fully saturated rings. The van der Waals surface area contributed by atoms with Crippen molar-refractivity contribution in [3.05, 3.63) is 81.3 Å². The molecule has 1 heterocycles. The zero-order valence-electron chi connectivity index (χ0n) is 13.2. The zero-order valence-corrected chi connectivity index (χ0v) is 14.8. The van der Waals surface area contributed by atoms with Crippen LogP contribution in [0.1, 0.15) is 26.4 Å². The molecule has 0 bridgehead atoms. The largest absolute Gasteiger partial charge is 0.416 e. The Morgan fingerprint density at radius 2 is 1.88 bits per heavy atom. The van der Waals surface area contributed by atoms with Crippen molar-refractivity contribution in [3.8, 4) is 0 Å². The predicted octanol–water partition coefficient (Wildman–Crippen LogP) is 5.66. The number of nitrogens with zero attached hydrogens (tertiary/aromatic N) is 1. The first-order valence-corrected chi connectivity index (χ1v) is 8.69. The number of amides is 1. The molecule has 26 heavy (non-hydrogen) atoms. The molecule has 1 aromatic heterocycles. The fraction of sp³-hybridized carbons (Fsp3) is 0.111. The van der Waals surface area contributed by atoms with Gasteiger partial charge in [0.25, 0.3) is 5.91 Å². The second kappa shape index (κ2) is 7.47. The van der Waals surface area contributed by atoms with Gasteiger partial charge in [0.15, 0.2) is 5.13 Å². The molecule has 0 saturated carbocycles. The minimum atomic E-state index is -4.46. The highest BCUT2D eigenvalue weighted by atomic mass is 35.5. The van der Waals surface area contributed by atoms with Crippen molar-refractivity contribution in [1.29, 1.82) is 0 Å². The van der Waals surface area contributed by atoms with E-state index in [1.54, 1.807) is 30.3 Å². The van der Waals surface area contributed by atoms with Crippen molar-refractivity contribution < 1.29 is 18.0 Å². The third kappa shape index (κ3) is 4.42. The van der Waals surface area contributed by atoms with Crippen molar-refractivity contribution in [3.63, 3.8) is 0 Å². The number of benzene rings is 2. The van der Waals surface area contributed by atoms with Gasteiger partial charge in [0.1, 0.15) is 0 Å². The lowest BCUT2D eigenvalue weighted by Gasteiger charge is -2.12. The summed E-state index contributed by atoms with van der Waals surface area (Å²) < 4.78 is 39.4. The van der Waals surface area contributed by atoms with Gasteiger partial charge in [-0.2, -0.15) is 13.2 Å². The number of nitrogens with one attached hydrogen (secondary N) is 1. The van der Waals surface area contributed by atoms with E-state index in [1.807, 2.05) is 0 Å². The highest BCUT2D eigenvalue weighted by Crippen LogP contribution is 2.35. The average molecular weight is 397 g/mol. The predicted molar refractivity (Wildman–Crippen MR) is 95.8 cm³/mol. The second-order valence-electron chi connectivity index (χ2n) is 5.43. The lowest BCUT2D eigenvalue weighted by atomic mass is 10.0. The summed E-state index contributed by atoms with van der Waals surface area (Å²) in [4.78, 5) is 16.8. The molecule has 3 rings (SSSR count). The van der Waals surface area contributed by atoms with E-state index < -0.39 is 11.7 Å². The van der Waals surface area contributed by atoms with E-state index >= 15 is 0 Å². The van der Waals surface area contributed by atoms with E-state index in [4.69, 9.17) is 11.6 Å². The van der Waals surface area contributed by atoms with Gasteiger partial charge in [-0.15, -0.1) is 11.3 Å². The summed E-state index contributed by atoms with van der Waals surface area (Å²) >= 11 is 6.96. The zero-order chi connectivity index (χ0) is 18.7. The molecule has 3 aromatic rings. The van der Waals surface area contributed by atoms with Crippen LogP contribution < -0.4 is 5.32 Å². The molecule has 0 spiro atoms. The highest BCUT2D eigenvalue weighted by molar-refractivity contribution is 7.15. The standard InChI is InChI=1S/C18H12ClF3N2OS/c19-13-6-7-15(18(20,21)22)12(8-13)9-14-10-23-17(26-14)24-16(25)11-4-2-1-3-5-11/h1-8,10H,9H2,(H,23,24,25). The number of hydrogen-bond acceptors (Lipinski definition) is 3. The smallest absolute Gasteiger partial charge is 0.298 e. The maximum atomic E-state index is 13.1. The van der Waals surface area contributed by atoms with Crippen LogP contribution in [0, 0.1) is 0 Å². The molecule has 134 valence electrons. The molecular formula is C18H12ClF3N2OS. The van der Waals surface area contributed by atoms with Gasteiger partial charge < -0.3 is 0 Å². The Kier molecular flexibility index (Phi) is 5.29. The minimum absolute atomic E-state index is 0.0221. The molecule has 0 unspecified atom stereocenters. The van der Waals surface area contributed by atoms with E-state index in [0.717, 1.165) is 17.4 Å². The summed E-state index contributed by atoms with van der Waals surface area (Å²) in [6.07, 6.45) is -2.99. The van der Waals surface area contributed by atoms with Crippen LogP contribution in [0.15, 0.2) is 54.7 Å². The molecule has 0 aliphatic heterocycles. The van der Waals surface area contributed by atoms with Crippen molar-refractivity contribution in [2.75, 3.05) is 5.32 Å². The van der Waals surface area contributed by atoms with Gasteiger partial charge in [-0.1, -0.05) is 29.8 Å². The normalized spacial score (nSPS) is 11.4. The van der Waals surface area contributed by atoms with Gasteiger partial charge in [0.05, 0.1) is 5.56 Å². The van der Waals surface area contributed by atoms with Crippen LogP contribution in [-0.4, -0.2) is 10.9 Å². The van der Waals surface area contributed by atoms with Gasteiger partial charge in [-0.05, 0) is 35.9 Å². The van der Waals surface area contributed by atoms with E-state index in [9.17, 15) is 18.0 Å². The van der Waals surface area contributed by atoms with Crippen molar-refractivity contribution in [2.45, 2.75) is 12.6 Å². The van der Waals surface area contributed by atoms with E-state index in [1.165, 1.54) is 18.3 Å². The maximum Gasteiger partial charge on any atom is 0.416 e. The van der Waals surface area contributed by atoms with Crippen molar-refractivity contribution >= 4 is 34.0 Å². The first-order chi connectivity index (χ1) is 12.3. The molecule has 0 aliphatic rings. The maximum absolute atomic E-state index is 13.1. The molecule has 1 amide bonds. The molecule has 2 aromatic carbocycles. The van der Waals surface area contributed by atoms with Crippen LogP contribution >= 0.6 is 22.9 Å². The van der Waals surface area contributed by atoms with Crippen LogP contribution in [0.25, 0.3) is 0 Å². The van der Waals surface area contributed by atoms with Gasteiger partial charge >= 0.3 is 6.18 Å². The lowest BCUT2D eigenvalue weighted by molar-refractivity contribution is -0.138. The Hall–Kier alpha value is -2.38. The molecule has 8 heteroatoms. The van der Waals surface area contributed by atoms with Gasteiger partial charge in [-0.3, -0.25) is 10.1 Å². The summed E-state index contributed by atoms with van der Waals surface area (Å²) in [5.74, 6) is -0.328. The Morgan fingerprint density at radius 3 is 2.58 bits per heavy atom. The number of alkyl halides is 3. The first kappa shape index (κ1) is 18.4. The lowest BCUT2D eigenvalue weighted by Crippen LogP contribution is -2.11. The number of aromatic nitrogens is 1. The van der Waals surface area contributed by atoms with Crippen LogP contribution in [0.3, 0.4) is 0 Å². The quantitative estimate of drug-likeness (QED) is 0.618. The summed E-state index contributed by atoms with van der Waals surface area (Å²) in [6.45, 7) is 0. The molecule has 3 nitrogen and oxygen atoms in total. The van der Waals surface area contributed by atoms with Gasteiger partial charge in [-0.25, -0.2) is 4.98 Å². The molecule has 0 atom stereocenters. The third-order valence-corrected chi connectivity index (χ3v) is 4.70. The summed E-state index contributed by atoms with van der Waals surface area (Å²) in [6, 6.07) is 12.1. The Bertz CT molecular complexity index is 926. The molecule has 0 saturated heterocycles. The molecule has 0 aliphatic carbocycles. The van der Waals surface area contributed by atoms with Gasteiger partial charge in [0.2, 0.25) is 0 Å². The van der Waals surface area contributed by atoms with Crippen LogP contribution in [-0.2, 0) is 12.6 Å². The monoisotopic (exact) mass is 396 g/mol. The van der Waals surface area contributed by atoms with Crippen LogP contribution in [0.2, 0.25) is 5.02 Å². The average Bonchev–Trinajstić information content (AvgIpc) is 3.01. The Labute approximate surface area is 156 Å². The van der Waals surface area contributed by atoms with E-state index in [-0.39, 0.29) is 22.9 Å². The van der Waals surface area contributed by atoms with Crippen LogP contribution in [0.4, 0.5) is 18.3 Å². The number of thiazole rings is 1. The number of hydrogen-bond donors (Lipinski definition) is 1. The number of halogens is 4. The van der Waals surface area contributed by atoms with E-state index in [2.05, 4.69) is 10.3 Å². The first-order valence-electron chi connectivity index (χ1n) is 7.49. The van der Waals surface area contributed by atoms with E-state index in [0.29, 0.717) is 15.6 Å². The fourth-order valence-corrected chi connectivity index (χ4v) is 3.40. The summed E-state index contributed by atoms with van der Waals surface area (Å²) in [7, 11) is 0. The molecular weight excluding hydrogens is 385 g/mol. The summed E-state index contributed by atoms with van der Waals surface area (Å²) in [5.41, 5.74) is -0.196. The topological polar surface area (TPSA) is 42.0 Å². The van der Waals surface area contributed by atoms with Crippen molar-refractivity contribution in [2.24, 2.45) is 0 Å².